The second-order valence-corrected chi connectivity index (χ2v) is 6.74. The largest absolute Gasteiger partial charge is 0.357 e. The maximum atomic E-state index is 13.7. The lowest BCUT2D eigenvalue weighted by molar-refractivity contribution is 0.262. The van der Waals surface area contributed by atoms with Crippen LogP contribution < -0.4 is 20.9 Å². The van der Waals surface area contributed by atoms with Crippen molar-refractivity contribution < 1.29 is 13.6 Å². The molecule has 3 N–H and O–H groups in total. The highest BCUT2D eigenvalue weighted by Crippen LogP contribution is 2.22. The molecule has 2 aromatic carbocycles. The average molecular weight is 426 g/mol. The van der Waals surface area contributed by atoms with E-state index in [4.69, 9.17) is 0 Å². The van der Waals surface area contributed by atoms with Crippen molar-refractivity contribution in [3.05, 3.63) is 66.0 Å². The molecule has 3 rings (SSSR count). The molecule has 0 aliphatic heterocycles. The lowest BCUT2D eigenvalue weighted by Gasteiger charge is -2.20. The first-order valence-electron chi connectivity index (χ1n) is 9.88. The molecule has 9 heteroatoms. The Hall–Kier alpha value is -3.75. The number of carbonyl (C=O) groups is 1. The summed E-state index contributed by atoms with van der Waals surface area (Å²) in [6.45, 7) is 7.67. The van der Waals surface area contributed by atoms with E-state index in [0.29, 0.717) is 23.4 Å². The number of urea groups is 1. The molecule has 0 aliphatic rings. The minimum Gasteiger partial charge on any atom is -0.357 e. The molecule has 7 nitrogen and oxygen atoms in total. The van der Waals surface area contributed by atoms with E-state index in [0.717, 1.165) is 36.7 Å². The van der Waals surface area contributed by atoms with Crippen LogP contribution in [0.1, 0.15) is 19.7 Å². The second-order valence-electron chi connectivity index (χ2n) is 6.74. The summed E-state index contributed by atoms with van der Waals surface area (Å²) in [5.74, 6) is 0.617. The topological polar surface area (TPSA) is 82.2 Å². The van der Waals surface area contributed by atoms with Crippen LogP contribution in [-0.2, 0) is 0 Å². The fourth-order valence-corrected chi connectivity index (χ4v) is 2.99. The molecule has 0 radical (unpaired) electrons. The molecule has 0 saturated carbocycles. The smallest absolute Gasteiger partial charge is 0.323 e. The van der Waals surface area contributed by atoms with E-state index < -0.39 is 17.7 Å². The zero-order chi connectivity index (χ0) is 22.4. The summed E-state index contributed by atoms with van der Waals surface area (Å²) in [4.78, 5) is 23.1. The molecule has 31 heavy (non-hydrogen) atoms. The molecular formula is C22H24F2N6O. The van der Waals surface area contributed by atoms with E-state index in [1.807, 2.05) is 13.0 Å². The number of anilines is 5. The van der Waals surface area contributed by atoms with E-state index in [1.165, 1.54) is 0 Å². The van der Waals surface area contributed by atoms with Crippen LogP contribution in [-0.4, -0.2) is 29.1 Å². The minimum atomic E-state index is -0.848. The zero-order valence-corrected chi connectivity index (χ0v) is 17.5. The number of nitrogens with zero attached hydrogens (tertiary/aromatic N) is 3. The normalized spacial score (nSPS) is 10.5. The highest BCUT2D eigenvalue weighted by Gasteiger charge is 2.10. The summed E-state index contributed by atoms with van der Waals surface area (Å²) >= 11 is 0. The van der Waals surface area contributed by atoms with Gasteiger partial charge >= 0.3 is 6.03 Å². The molecule has 1 heterocycles. The molecular weight excluding hydrogens is 402 g/mol. The van der Waals surface area contributed by atoms with Gasteiger partial charge < -0.3 is 20.9 Å². The summed E-state index contributed by atoms with van der Waals surface area (Å²) in [6.07, 6.45) is 0. The average Bonchev–Trinajstić information content (AvgIpc) is 2.72. The molecule has 2 amide bonds. The summed E-state index contributed by atoms with van der Waals surface area (Å²) in [6, 6.07) is 11.1. The molecule has 0 saturated heterocycles. The third-order valence-corrected chi connectivity index (χ3v) is 4.51. The molecule has 0 spiro atoms. The minimum absolute atomic E-state index is 0.111. The van der Waals surface area contributed by atoms with Gasteiger partial charge in [-0.15, -0.1) is 0 Å². The van der Waals surface area contributed by atoms with Crippen molar-refractivity contribution in [2.24, 2.45) is 0 Å². The molecule has 0 bridgehead atoms. The van der Waals surface area contributed by atoms with Gasteiger partial charge in [0.2, 0.25) is 0 Å². The van der Waals surface area contributed by atoms with Gasteiger partial charge in [-0.3, -0.25) is 0 Å². The molecule has 162 valence electrons. The first-order valence-corrected chi connectivity index (χ1v) is 9.88. The van der Waals surface area contributed by atoms with Gasteiger partial charge in [-0.25, -0.2) is 23.5 Å². The summed E-state index contributed by atoms with van der Waals surface area (Å²) < 4.78 is 26.6. The van der Waals surface area contributed by atoms with Gasteiger partial charge in [-0.1, -0.05) is 0 Å². The van der Waals surface area contributed by atoms with Crippen LogP contribution in [0.5, 0.6) is 0 Å². The summed E-state index contributed by atoms with van der Waals surface area (Å²) in [5.41, 5.74) is 1.17. The number of nitrogens with one attached hydrogen (secondary N) is 3. The predicted molar refractivity (Wildman–Crippen MR) is 119 cm³/mol. The Morgan fingerprint density at radius 3 is 2.26 bits per heavy atom. The van der Waals surface area contributed by atoms with Crippen LogP contribution in [0.4, 0.5) is 42.3 Å². The maximum Gasteiger partial charge on any atom is 0.323 e. The zero-order valence-electron chi connectivity index (χ0n) is 17.5. The van der Waals surface area contributed by atoms with Crippen molar-refractivity contribution in [3.63, 3.8) is 0 Å². The van der Waals surface area contributed by atoms with Crippen LogP contribution in [0.3, 0.4) is 0 Å². The standard InChI is InChI=1S/C22H24F2N6O/c1-4-30(5-2)21-13-20(25-14(3)26-21)27-16-7-9-17(10-8-16)28-22(31)29-19-11-6-15(23)12-18(19)24/h6-13H,4-5H2,1-3H3,(H,25,26,27)(H2,28,29,31). The van der Waals surface area contributed by atoms with Crippen molar-refractivity contribution >= 4 is 34.7 Å². The second kappa shape index (κ2) is 9.84. The Balaban J connectivity index is 1.64. The highest BCUT2D eigenvalue weighted by atomic mass is 19.1. The number of aryl methyl sites for hydroxylation is 1. The summed E-state index contributed by atoms with van der Waals surface area (Å²) in [7, 11) is 0. The van der Waals surface area contributed by atoms with Crippen molar-refractivity contribution in [2.45, 2.75) is 20.8 Å². The quantitative estimate of drug-likeness (QED) is 0.478. The van der Waals surface area contributed by atoms with Gasteiger partial charge in [-0.05, 0) is 57.2 Å². The third kappa shape index (κ3) is 5.88. The number of amides is 2. The van der Waals surface area contributed by atoms with Gasteiger partial charge in [-0.2, -0.15) is 0 Å². The molecule has 0 aliphatic carbocycles. The van der Waals surface area contributed by atoms with Crippen LogP contribution >= 0.6 is 0 Å². The van der Waals surface area contributed by atoms with Gasteiger partial charge in [0.15, 0.2) is 0 Å². The van der Waals surface area contributed by atoms with Crippen LogP contribution in [0.15, 0.2) is 48.5 Å². The van der Waals surface area contributed by atoms with E-state index in [2.05, 4.69) is 44.7 Å². The number of hydrogen-bond acceptors (Lipinski definition) is 5. The van der Waals surface area contributed by atoms with Gasteiger partial charge in [0.05, 0.1) is 5.69 Å². The van der Waals surface area contributed by atoms with Gasteiger partial charge in [0.1, 0.15) is 29.1 Å². The van der Waals surface area contributed by atoms with Crippen molar-refractivity contribution in [1.82, 2.24) is 9.97 Å². The lowest BCUT2D eigenvalue weighted by Crippen LogP contribution is -2.23. The van der Waals surface area contributed by atoms with Crippen LogP contribution in [0, 0.1) is 18.6 Å². The third-order valence-electron chi connectivity index (χ3n) is 4.51. The monoisotopic (exact) mass is 426 g/mol. The van der Waals surface area contributed by atoms with Crippen molar-refractivity contribution in [1.29, 1.82) is 0 Å². The van der Waals surface area contributed by atoms with Gasteiger partial charge in [0, 0.05) is 36.6 Å². The number of hydrogen-bond donors (Lipinski definition) is 3. The number of aromatic nitrogens is 2. The highest BCUT2D eigenvalue weighted by molar-refractivity contribution is 5.99. The Kier molecular flexibility index (Phi) is 6.96. The van der Waals surface area contributed by atoms with Crippen LogP contribution in [0.2, 0.25) is 0 Å². The molecule has 0 unspecified atom stereocenters. The number of benzene rings is 2. The van der Waals surface area contributed by atoms with Crippen molar-refractivity contribution in [2.75, 3.05) is 33.9 Å². The summed E-state index contributed by atoms with van der Waals surface area (Å²) in [5, 5.41) is 8.18. The predicted octanol–water partition coefficient (Wildman–Crippen LogP) is 5.30. The molecule has 1 aromatic heterocycles. The Morgan fingerprint density at radius 2 is 1.61 bits per heavy atom. The van der Waals surface area contributed by atoms with E-state index >= 15 is 0 Å². The van der Waals surface area contributed by atoms with Crippen LogP contribution in [0.25, 0.3) is 0 Å². The van der Waals surface area contributed by atoms with Gasteiger partial charge in [0.25, 0.3) is 0 Å². The number of rotatable bonds is 7. The lowest BCUT2D eigenvalue weighted by atomic mass is 10.2. The fourth-order valence-electron chi connectivity index (χ4n) is 2.99. The van der Waals surface area contributed by atoms with E-state index in [-0.39, 0.29) is 5.69 Å². The Bertz CT molecular complexity index is 1050. The van der Waals surface area contributed by atoms with Crippen molar-refractivity contribution in [3.8, 4) is 0 Å². The maximum absolute atomic E-state index is 13.7. The number of carbonyl (C=O) groups excluding carboxylic acids is 1. The van der Waals surface area contributed by atoms with E-state index in [1.54, 1.807) is 24.3 Å². The number of halogens is 2. The Labute approximate surface area is 179 Å². The first-order chi connectivity index (χ1) is 14.9. The SMILES string of the molecule is CCN(CC)c1cc(Nc2ccc(NC(=O)Nc3ccc(F)cc3F)cc2)nc(C)n1. The molecule has 3 aromatic rings. The molecule has 0 atom stereocenters. The Morgan fingerprint density at radius 1 is 0.935 bits per heavy atom. The first kappa shape index (κ1) is 21.9. The molecule has 0 fully saturated rings. The fraction of sp³-hybridized carbons (Fsp3) is 0.227. The van der Waals surface area contributed by atoms with E-state index in [9.17, 15) is 13.6 Å².